The summed E-state index contributed by atoms with van der Waals surface area (Å²) >= 11 is 0. The van der Waals surface area contributed by atoms with Crippen molar-refractivity contribution in [3.8, 4) is 0 Å². The molecule has 0 N–H and O–H groups in total. The predicted molar refractivity (Wildman–Crippen MR) is 116 cm³/mol. The SMILES string of the molecule is [K+].c1ccc([C]2[C]3[C]([C]4[C]2C2C[C@@H]5CC4C[C@H](C2)C5)C2C[C@H]4CC3C[C@@H](C2)C4)cc1. The fourth-order valence-electron chi connectivity index (χ4n) is 9.99. The molecule has 1 aromatic carbocycles. The van der Waals surface area contributed by atoms with Crippen molar-refractivity contribution >= 4 is 0 Å². The van der Waals surface area contributed by atoms with Crippen LogP contribution in [0.1, 0.15) is 69.8 Å². The molecule has 0 spiro atoms. The molecule has 0 amide bonds. The first-order valence-corrected chi connectivity index (χ1v) is 12.7. The molecule has 4 unspecified atom stereocenters. The van der Waals surface area contributed by atoms with Crippen LogP contribution in [0.15, 0.2) is 30.3 Å². The average molecular weight is 421 g/mol. The van der Waals surface area contributed by atoms with Crippen LogP contribution in [0.5, 0.6) is 0 Å². The molecule has 0 aromatic heterocycles. The molecule has 9 aliphatic carbocycles. The van der Waals surface area contributed by atoms with E-state index in [2.05, 4.69) is 30.3 Å². The van der Waals surface area contributed by atoms with Crippen molar-refractivity contribution in [3.05, 3.63) is 65.5 Å². The van der Waals surface area contributed by atoms with E-state index in [4.69, 9.17) is 0 Å². The zero-order chi connectivity index (χ0) is 18.7. The van der Waals surface area contributed by atoms with Gasteiger partial charge in [-0.15, -0.1) is 0 Å². The fraction of sp³-hybridized carbons (Fsp3) is 0.621. The summed E-state index contributed by atoms with van der Waals surface area (Å²) in [4.78, 5) is 0. The van der Waals surface area contributed by atoms with Crippen molar-refractivity contribution in [1.82, 2.24) is 0 Å². The van der Waals surface area contributed by atoms with E-state index in [0.29, 0.717) is 0 Å². The molecular formula is C29H33K+. The first kappa shape index (κ1) is 20.2. The van der Waals surface area contributed by atoms with Crippen LogP contribution in [-0.4, -0.2) is 0 Å². The number of rotatable bonds is 1. The molecule has 1 heteroatoms. The maximum atomic E-state index is 2.45. The van der Waals surface area contributed by atoms with Gasteiger partial charge in [-0.25, -0.2) is 0 Å². The summed E-state index contributed by atoms with van der Waals surface area (Å²) in [5.74, 6) is 17.2. The molecule has 8 bridgehead atoms. The van der Waals surface area contributed by atoms with Crippen LogP contribution in [0, 0.1) is 76.9 Å². The van der Waals surface area contributed by atoms with Gasteiger partial charge < -0.3 is 0 Å². The standard InChI is InChI=1S/C29H33.K/c1-2-4-20(5-3-1)25-26-21-8-16-6-17(9-21)13-23(12-16)28(26)29-24-14-18-7-19(15-24)11-22(10-18)27(25)29;/h1-5,16-19,21-24H,6-15H2;/q;+1/t16-,17+,18-,19+,21?,22?,23?,24?;. The molecule has 30 heavy (non-hydrogen) atoms. The Kier molecular flexibility index (Phi) is 5.01. The molecule has 0 heterocycles. The van der Waals surface area contributed by atoms with E-state index in [1.165, 1.54) is 51.4 Å². The molecule has 149 valence electrons. The minimum atomic E-state index is 0. The van der Waals surface area contributed by atoms with Gasteiger partial charge in [0.25, 0.3) is 0 Å². The first-order chi connectivity index (χ1) is 14.3. The van der Waals surface area contributed by atoms with Crippen LogP contribution in [0.3, 0.4) is 0 Å². The Labute approximate surface area is 226 Å². The largest absolute Gasteiger partial charge is 1.00 e. The second-order valence-electron chi connectivity index (χ2n) is 12.0. The summed E-state index contributed by atoms with van der Waals surface area (Å²) in [6.07, 6.45) is 15.2. The zero-order valence-corrected chi connectivity index (χ0v) is 21.7. The van der Waals surface area contributed by atoms with E-state index < -0.39 is 0 Å². The van der Waals surface area contributed by atoms with Gasteiger partial charge in [0.1, 0.15) is 0 Å². The van der Waals surface area contributed by atoms with Crippen LogP contribution >= 0.6 is 0 Å². The Bertz CT molecular complexity index is 726. The van der Waals surface area contributed by atoms with Crippen LogP contribution in [0.4, 0.5) is 0 Å². The second-order valence-corrected chi connectivity index (χ2v) is 12.0. The van der Waals surface area contributed by atoms with Crippen molar-refractivity contribution in [3.63, 3.8) is 0 Å². The molecule has 9 fully saturated rings. The summed E-state index contributed by atoms with van der Waals surface area (Å²) in [7, 11) is 0. The average Bonchev–Trinajstić information content (AvgIpc) is 2.88. The first-order valence-electron chi connectivity index (χ1n) is 12.7. The molecule has 0 aliphatic heterocycles. The van der Waals surface area contributed by atoms with Gasteiger partial charge >= 0.3 is 51.4 Å². The maximum absolute atomic E-state index is 2.45. The Hall–Kier alpha value is 0.856. The quantitative estimate of drug-likeness (QED) is 0.606. The number of hydrogen-bond donors (Lipinski definition) is 0. The monoisotopic (exact) mass is 420 g/mol. The molecule has 8 atom stereocenters. The molecule has 0 saturated heterocycles. The Morgan fingerprint density at radius 1 is 0.433 bits per heavy atom. The smallest absolute Gasteiger partial charge is 0.0622 e. The van der Waals surface area contributed by atoms with Crippen LogP contribution in [0.2, 0.25) is 0 Å². The van der Waals surface area contributed by atoms with Crippen molar-refractivity contribution < 1.29 is 51.4 Å². The van der Waals surface area contributed by atoms with Gasteiger partial charge in [-0.1, -0.05) is 30.3 Å². The van der Waals surface area contributed by atoms with E-state index in [1.807, 2.05) is 23.7 Å². The van der Waals surface area contributed by atoms with E-state index >= 15 is 0 Å². The minimum Gasteiger partial charge on any atom is -0.0622 e. The van der Waals surface area contributed by atoms with Crippen molar-refractivity contribution in [2.75, 3.05) is 0 Å². The summed E-state index contributed by atoms with van der Waals surface area (Å²) < 4.78 is 0. The van der Waals surface area contributed by atoms with Gasteiger partial charge in [0.15, 0.2) is 0 Å². The van der Waals surface area contributed by atoms with Crippen molar-refractivity contribution in [2.45, 2.75) is 64.2 Å². The molecule has 1 aromatic rings. The van der Waals surface area contributed by atoms with Gasteiger partial charge in [0, 0.05) is 5.92 Å². The molecule has 5 radical (unpaired) electrons. The van der Waals surface area contributed by atoms with Crippen LogP contribution in [0.25, 0.3) is 0 Å². The van der Waals surface area contributed by atoms with Gasteiger partial charge in [0.2, 0.25) is 0 Å². The third-order valence-electron chi connectivity index (χ3n) is 10.4. The van der Waals surface area contributed by atoms with Gasteiger partial charge in [-0.05, 0) is 141 Å². The normalized spacial score (nSPS) is 47.7. The van der Waals surface area contributed by atoms with E-state index in [-0.39, 0.29) is 51.4 Å². The van der Waals surface area contributed by atoms with Gasteiger partial charge in [0.05, 0.1) is 0 Å². The fourth-order valence-corrected chi connectivity index (χ4v) is 9.99. The van der Waals surface area contributed by atoms with Crippen molar-refractivity contribution in [2.24, 2.45) is 47.3 Å². The summed E-state index contributed by atoms with van der Waals surface area (Å²) in [6.45, 7) is 0. The molecular weight excluding hydrogens is 387 g/mol. The summed E-state index contributed by atoms with van der Waals surface area (Å²) in [5.41, 5.74) is 1.56. The Balaban J connectivity index is 0.00000162. The summed E-state index contributed by atoms with van der Waals surface area (Å²) in [6, 6.07) is 11.7. The van der Waals surface area contributed by atoms with Crippen LogP contribution < -0.4 is 51.4 Å². The molecule has 10 rings (SSSR count). The van der Waals surface area contributed by atoms with Crippen molar-refractivity contribution in [1.29, 1.82) is 0 Å². The topological polar surface area (TPSA) is 0 Å². The maximum Gasteiger partial charge on any atom is 1.00 e. The van der Waals surface area contributed by atoms with Gasteiger partial charge in [-0.2, -0.15) is 0 Å². The number of hydrogen-bond acceptors (Lipinski definition) is 0. The predicted octanol–water partition coefficient (Wildman–Crippen LogP) is 3.84. The Morgan fingerprint density at radius 2 is 0.800 bits per heavy atom. The van der Waals surface area contributed by atoms with E-state index in [0.717, 1.165) is 47.3 Å². The second kappa shape index (κ2) is 7.43. The molecule has 9 saturated carbocycles. The minimum absolute atomic E-state index is 0. The van der Waals surface area contributed by atoms with E-state index in [1.54, 1.807) is 24.3 Å². The number of benzene rings is 1. The van der Waals surface area contributed by atoms with Gasteiger partial charge in [-0.3, -0.25) is 0 Å². The molecule has 9 aliphatic rings. The van der Waals surface area contributed by atoms with Crippen LogP contribution in [-0.2, 0) is 0 Å². The third-order valence-corrected chi connectivity index (χ3v) is 10.4. The Morgan fingerprint density at radius 3 is 1.20 bits per heavy atom. The third kappa shape index (κ3) is 2.84. The molecule has 0 nitrogen and oxygen atoms in total. The summed E-state index contributed by atoms with van der Waals surface area (Å²) in [5, 5.41) is 0. The zero-order valence-electron chi connectivity index (χ0n) is 18.6. The van der Waals surface area contributed by atoms with E-state index in [9.17, 15) is 0 Å².